The maximum absolute atomic E-state index is 11.8. The van der Waals surface area contributed by atoms with Crippen LogP contribution in [0.2, 0.25) is 0 Å². The van der Waals surface area contributed by atoms with Gasteiger partial charge in [-0.15, -0.1) is 0 Å². The minimum absolute atomic E-state index is 0.133. The Morgan fingerprint density at radius 3 is 2.69 bits per heavy atom. The van der Waals surface area contributed by atoms with Crippen molar-refractivity contribution in [1.82, 2.24) is 10.2 Å². The van der Waals surface area contributed by atoms with Gasteiger partial charge in [0.1, 0.15) is 0 Å². The summed E-state index contributed by atoms with van der Waals surface area (Å²) in [7, 11) is 0. The lowest BCUT2D eigenvalue weighted by molar-refractivity contribution is 0.183. The summed E-state index contributed by atoms with van der Waals surface area (Å²) in [6, 6.07) is 0.433. The second-order valence-electron chi connectivity index (χ2n) is 4.38. The average Bonchev–Trinajstić information content (AvgIpc) is 2.30. The zero-order valence-corrected chi connectivity index (χ0v) is 11.3. The van der Waals surface area contributed by atoms with Crippen molar-refractivity contribution in [3.63, 3.8) is 0 Å². The molecule has 0 bridgehead atoms. The van der Waals surface area contributed by atoms with Crippen LogP contribution in [-0.2, 0) is 0 Å². The number of amides is 2. The lowest BCUT2D eigenvalue weighted by atomic mass is 10.1. The van der Waals surface area contributed by atoms with Crippen LogP contribution in [0.3, 0.4) is 0 Å². The smallest absolute Gasteiger partial charge is 0.317 e. The topological polar surface area (TPSA) is 32.3 Å². The highest BCUT2D eigenvalue weighted by Gasteiger charge is 2.17. The van der Waals surface area contributed by atoms with Crippen molar-refractivity contribution in [3.05, 3.63) is 0 Å². The summed E-state index contributed by atoms with van der Waals surface area (Å²) < 4.78 is 0. The van der Waals surface area contributed by atoms with Crippen molar-refractivity contribution in [2.75, 3.05) is 24.6 Å². The minimum Gasteiger partial charge on any atom is -0.336 e. The summed E-state index contributed by atoms with van der Waals surface area (Å²) >= 11 is 1.93. The predicted molar refractivity (Wildman–Crippen MR) is 71.0 cm³/mol. The van der Waals surface area contributed by atoms with Crippen molar-refractivity contribution in [1.29, 1.82) is 0 Å². The Morgan fingerprint density at radius 1 is 1.38 bits per heavy atom. The van der Waals surface area contributed by atoms with E-state index in [1.54, 1.807) is 0 Å². The summed E-state index contributed by atoms with van der Waals surface area (Å²) in [4.78, 5) is 13.8. The largest absolute Gasteiger partial charge is 0.336 e. The van der Waals surface area contributed by atoms with Crippen molar-refractivity contribution in [3.8, 4) is 0 Å². The van der Waals surface area contributed by atoms with E-state index in [1.165, 1.54) is 6.42 Å². The Bertz CT molecular complexity index is 205. The lowest BCUT2D eigenvalue weighted by Crippen LogP contribution is -2.46. The fraction of sp³-hybridized carbons (Fsp3) is 0.917. The third-order valence-electron chi connectivity index (χ3n) is 2.91. The molecule has 3 nitrogen and oxygen atoms in total. The SMILES string of the molecule is CCSCCC(C)NC(=O)N1CCCCC1. The zero-order chi connectivity index (χ0) is 11.8. The molecular weight excluding hydrogens is 220 g/mol. The Balaban J connectivity index is 2.16. The van der Waals surface area contributed by atoms with Gasteiger partial charge in [-0.2, -0.15) is 11.8 Å². The summed E-state index contributed by atoms with van der Waals surface area (Å²) in [5, 5.41) is 3.08. The van der Waals surface area contributed by atoms with E-state index in [2.05, 4.69) is 19.2 Å². The van der Waals surface area contributed by atoms with E-state index in [-0.39, 0.29) is 6.03 Å². The molecule has 1 saturated heterocycles. The van der Waals surface area contributed by atoms with Gasteiger partial charge in [0.25, 0.3) is 0 Å². The van der Waals surface area contributed by atoms with Crippen LogP contribution in [0.4, 0.5) is 4.79 Å². The number of piperidine rings is 1. The fourth-order valence-electron chi connectivity index (χ4n) is 1.88. The van der Waals surface area contributed by atoms with Gasteiger partial charge in [0.05, 0.1) is 0 Å². The minimum atomic E-state index is 0.133. The number of carbonyl (C=O) groups is 1. The Morgan fingerprint density at radius 2 is 2.06 bits per heavy atom. The summed E-state index contributed by atoms with van der Waals surface area (Å²) in [6.07, 6.45) is 4.66. The number of nitrogens with one attached hydrogen (secondary N) is 1. The lowest BCUT2D eigenvalue weighted by Gasteiger charge is -2.28. The van der Waals surface area contributed by atoms with Crippen molar-refractivity contribution in [2.24, 2.45) is 0 Å². The molecule has 94 valence electrons. The second-order valence-corrected chi connectivity index (χ2v) is 5.78. The number of thioether (sulfide) groups is 1. The van der Waals surface area contributed by atoms with Gasteiger partial charge in [-0.05, 0) is 44.1 Å². The first-order valence-corrected chi connectivity index (χ1v) is 7.52. The molecule has 0 saturated carbocycles. The van der Waals surface area contributed by atoms with Crippen LogP contribution < -0.4 is 5.32 Å². The molecule has 0 aliphatic carbocycles. The monoisotopic (exact) mass is 244 g/mol. The van der Waals surface area contributed by atoms with E-state index in [1.807, 2.05) is 16.7 Å². The molecule has 0 radical (unpaired) electrons. The van der Waals surface area contributed by atoms with E-state index < -0.39 is 0 Å². The van der Waals surface area contributed by atoms with Gasteiger partial charge in [-0.1, -0.05) is 6.92 Å². The Labute approximate surface area is 103 Å². The van der Waals surface area contributed by atoms with Crippen LogP contribution in [0.5, 0.6) is 0 Å². The first-order chi connectivity index (χ1) is 7.74. The van der Waals surface area contributed by atoms with Gasteiger partial charge >= 0.3 is 6.03 Å². The highest BCUT2D eigenvalue weighted by atomic mass is 32.2. The number of rotatable bonds is 5. The number of carbonyl (C=O) groups excluding carboxylic acids is 1. The highest BCUT2D eigenvalue weighted by molar-refractivity contribution is 7.99. The van der Waals surface area contributed by atoms with Crippen molar-refractivity contribution < 1.29 is 4.79 Å². The first kappa shape index (κ1) is 13.7. The second kappa shape index (κ2) is 7.82. The Hall–Kier alpha value is -0.380. The number of hydrogen-bond acceptors (Lipinski definition) is 2. The summed E-state index contributed by atoms with van der Waals surface area (Å²) in [5.41, 5.74) is 0. The van der Waals surface area contributed by atoms with Crippen molar-refractivity contribution in [2.45, 2.75) is 45.6 Å². The Kier molecular flexibility index (Phi) is 6.69. The predicted octanol–water partition coefficient (Wildman–Crippen LogP) is 2.71. The van der Waals surface area contributed by atoms with Crippen LogP contribution in [0.25, 0.3) is 0 Å². The van der Waals surface area contributed by atoms with E-state index in [0.29, 0.717) is 6.04 Å². The van der Waals surface area contributed by atoms with E-state index >= 15 is 0 Å². The molecule has 16 heavy (non-hydrogen) atoms. The molecule has 0 spiro atoms. The van der Waals surface area contributed by atoms with Gasteiger partial charge < -0.3 is 10.2 Å². The third-order valence-corrected chi connectivity index (χ3v) is 3.85. The number of likely N-dealkylation sites (tertiary alicyclic amines) is 1. The standard InChI is InChI=1S/C12H24N2OS/c1-3-16-10-7-11(2)13-12(15)14-8-5-4-6-9-14/h11H,3-10H2,1-2H3,(H,13,15). The number of urea groups is 1. The molecule has 4 heteroatoms. The van der Waals surface area contributed by atoms with Crippen LogP contribution in [-0.4, -0.2) is 41.6 Å². The molecule has 0 aromatic carbocycles. The molecular formula is C12H24N2OS. The van der Waals surface area contributed by atoms with Crippen LogP contribution in [0, 0.1) is 0 Å². The van der Waals surface area contributed by atoms with Gasteiger partial charge in [0.15, 0.2) is 0 Å². The molecule has 2 amide bonds. The fourth-order valence-corrected chi connectivity index (χ4v) is 2.68. The molecule has 1 N–H and O–H groups in total. The van der Waals surface area contributed by atoms with Crippen LogP contribution in [0.1, 0.15) is 39.5 Å². The maximum Gasteiger partial charge on any atom is 0.317 e. The molecule has 1 aliphatic rings. The van der Waals surface area contributed by atoms with E-state index in [4.69, 9.17) is 0 Å². The third kappa shape index (κ3) is 5.10. The normalized spacial score (nSPS) is 18.2. The van der Waals surface area contributed by atoms with Crippen molar-refractivity contribution >= 4 is 17.8 Å². The molecule has 0 aromatic rings. The highest BCUT2D eigenvalue weighted by Crippen LogP contribution is 2.09. The zero-order valence-electron chi connectivity index (χ0n) is 10.5. The van der Waals surface area contributed by atoms with Crippen LogP contribution >= 0.6 is 11.8 Å². The first-order valence-electron chi connectivity index (χ1n) is 6.37. The number of nitrogens with zero attached hydrogens (tertiary/aromatic N) is 1. The molecule has 1 fully saturated rings. The maximum atomic E-state index is 11.8. The van der Waals surface area contributed by atoms with E-state index in [9.17, 15) is 4.79 Å². The number of hydrogen-bond donors (Lipinski definition) is 1. The summed E-state index contributed by atoms with van der Waals surface area (Å²) in [6.45, 7) is 6.13. The quantitative estimate of drug-likeness (QED) is 0.754. The molecule has 1 rings (SSSR count). The molecule has 1 aliphatic heterocycles. The molecule has 1 unspecified atom stereocenters. The van der Waals surface area contributed by atoms with Gasteiger partial charge in [0.2, 0.25) is 0 Å². The van der Waals surface area contributed by atoms with Crippen LogP contribution in [0.15, 0.2) is 0 Å². The van der Waals surface area contributed by atoms with Gasteiger partial charge in [-0.3, -0.25) is 0 Å². The summed E-state index contributed by atoms with van der Waals surface area (Å²) in [5.74, 6) is 2.30. The molecule has 1 heterocycles. The van der Waals surface area contributed by atoms with E-state index in [0.717, 1.165) is 43.9 Å². The molecule has 1 atom stereocenters. The van der Waals surface area contributed by atoms with Gasteiger partial charge in [-0.25, -0.2) is 4.79 Å². The van der Waals surface area contributed by atoms with Gasteiger partial charge in [0, 0.05) is 19.1 Å². The average molecular weight is 244 g/mol. The molecule has 0 aromatic heterocycles.